The van der Waals surface area contributed by atoms with Crippen LogP contribution in [0.2, 0.25) is 0 Å². The van der Waals surface area contributed by atoms with Crippen LogP contribution in [-0.2, 0) is 11.2 Å². The van der Waals surface area contributed by atoms with Crippen molar-refractivity contribution in [1.29, 1.82) is 0 Å². The van der Waals surface area contributed by atoms with Gasteiger partial charge in [-0.1, -0.05) is 28.1 Å². The lowest BCUT2D eigenvalue weighted by Crippen LogP contribution is -2.12. The van der Waals surface area contributed by atoms with Crippen molar-refractivity contribution in [2.45, 2.75) is 19.8 Å². The fourth-order valence-corrected chi connectivity index (χ4v) is 2.69. The van der Waals surface area contributed by atoms with Crippen molar-refractivity contribution in [2.75, 3.05) is 12.4 Å². The van der Waals surface area contributed by atoms with Crippen LogP contribution in [0, 0.1) is 6.92 Å². The Morgan fingerprint density at radius 1 is 1.19 bits per heavy atom. The predicted molar refractivity (Wildman–Crippen MR) is 88.8 cm³/mol. The fourth-order valence-electron chi connectivity index (χ4n) is 2.08. The van der Waals surface area contributed by atoms with Crippen molar-refractivity contribution in [3.63, 3.8) is 0 Å². The van der Waals surface area contributed by atoms with Crippen LogP contribution in [0.5, 0.6) is 5.75 Å². The van der Waals surface area contributed by atoms with Gasteiger partial charge in [-0.05, 0) is 54.8 Å². The number of aryl methyl sites for hydroxylation is 2. The van der Waals surface area contributed by atoms with Crippen molar-refractivity contribution >= 4 is 27.5 Å². The Hall–Kier alpha value is -1.81. The van der Waals surface area contributed by atoms with E-state index in [9.17, 15) is 4.79 Å². The first-order valence-electron chi connectivity index (χ1n) is 6.77. The first-order chi connectivity index (χ1) is 10.1. The smallest absolute Gasteiger partial charge is 0.224 e. The van der Waals surface area contributed by atoms with Crippen molar-refractivity contribution in [2.24, 2.45) is 0 Å². The van der Waals surface area contributed by atoms with Crippen LogP contribution >= 0.6 is 15.9 Å². The molecular weight excluding hydrogens is 330 g/mol. The number of hydrogen-bond acceptors (Lipinski definition) is 2. The molecule has 0 heterocycles. The molecule has 4 heteroatoms. The van der Waals surface area contributed by atoms with Gasteiger partial charge in [-0.2, -0.15) is 0 Å². The summed E-state index contributed by atoms with van der Waals surface area (Å²) < 4.78 is 6.08. The van der Waals surface area contributed by atoms with Gasteiger partial charge in [0.1, 0.15) is 5.75 Å². The summed E-state index contributed by atoms with van der Waals surface area (Å²) in [6.45, 7) is 2.00. The largest absolute Gasteiger partial charge is 0.497 e. The number of benzene rings is 2. The van der Waals surface area contributed by atoms with Gasteiger partial charge in [-0.15, -0.1) is 0 Å². The second-order valence-corrected chi connectivity index (χ2v) is 5.83. The van der Waals surface area contributed by atoms with E-state index in [4.69, 9.17) is 4.74 Å². The summed E-state index contributed by atoms with van der Waals surface area (Å²) in [5.41, 5.74) is 3.05. The van der Waals surface area contributed by atoms with Gasteiger partial charge in [-0.3, -0.25) is 4.79 Å². The Morgan fingerprint density at radius 3 is 2.52 bits per heavy atom. The second-order valence-electron chi connectivity index (χ2n) is 4.91. The van der Waals surface area contributed by atoms with E-state index in [0.717, 1.165) is 27.0 Å². The van der Waals surface area contributed by atoms with Crippen LogP contribution in [0.3, 0.4) is 0 Å². The molecule has 0 aromatic heterocycles. The number of rotatable bonds is 5. The topological polar surface area (TPSA) is 38.3 Å². The Morgan fingerprint density at radius 2 is 1.90 bits per heavy atom. The maximum absolute atomic E-state index is 12.0. The normalized spacial score (nSPS) is 10.2. The number of carbonyl (C=O) groups is 1. The number of anilines is 1. The second kappa shape index (κ2) is 7.27. The average Bonchev–Trinajstić information content (AvgIpc) is 2.44. The zero-order valence-electron chi connectivity index (χ0n) is 12.2. The van der Waals surface area contributed by atoms with Gasteiger partial charge in [-0.25, -0.2) is 0 Å². The van der Waals surface area contributed by atoms with E-state index in [-0.39, 0.29) is 5.91 Å². The van der Waals surface area contributed by atoms with Gasteiger partial charge in [0.05, 0.1) is 7.11 Å². The molecule has 0 saturated carbocycles. The molecule has 3 nitrogen and oxygen atoms in total. The van der Waals surface area contributed by atoms with Crippen LogP contribution < -0.4 is 10.1 Å². The Kier molecular flexibility index (Phi) is 5.39. The molecule has 0 aliphatic heterocycles. The molecule has 0 aliphatic rings. The first kappa shape index (κ1) is 15.6. The standard InChI is InChI=1S/C17H18BrNO2/c1-12-9-14(18)11-15(10-12)19-17(20)8-5-13-3-6-16(21-2)7-4-13/h3-4,6-7,9-11H,5,8H2,1-2H3,(H,19,20). The highest BCUT2D eigenvalue weighted by Gasteiger charge is 2.05. The maximum atomic E-state index is 12.0. The van der Waals surface area contributed by atoms with E-state index < -0.39 is 0 Å². The highest BCUT2D eigenvalue weighted by Crippen LogP contribution is 2.19. The number of halogens is 1. The van der Waals surface area contributed by atoms with Crippen molar-refractivity contribution in [3.8, 4) is 5.75 Å². The molecule has 2 rings (SSSR count). The quantitative estimate of drug-likeness (QED) is 0.873. The molecule has 0 saturated heterocycles. The fraction of sp³-hybridized carbons (Fsp3) is 0.235. The third-order valence-electron chi connectivity index (χ3n) is 3.13. The highest BCUT2D eigenvalue weighted by molar-refractivity contribution is 9.10. The molecular formula is C17H18BrNO2. The van der Waals surface area contributed by atoms with Crippen molar-refractivity contribution in [3.05, 3.63) is 58.1 Å². The Bertz CT molecular complexity index is 603. The summed E-state index contributed by atoms with van der Waals surface area (Å²) >= 11 is 3.43. The van der Waals surface area contributed by atoms with Gasteiger partial charge in [0.25, 0.3) is 0 Å². The summed E-state index contributed by atoms with van der Waals surface area (Å²) in [5.74, 6) is 0.844. The van der Waals surface area contributed by atoms with Gasteiger partial charge < -0.3 is 10.1 Å². The van der Waals surface area contributed by atoms with E-state index in [1.54, 1.807) is 7.11 Å². The maximum Gasteiger partial charge on any atom is 0.224 e. The molecule has 0 unspecified atom stereocenters. The molecule has 0 bridgehead atoms. The Labute approximate surface area is 133 Å². The number of carbonyl (C=O) groups excluding carboxylic acids is 1. The van der Waals surface area contributed by atoms with Crippen molar-refractivity contribution < 1.29 is 9.53 Å². The van der Waals surface area contributed by atoms with Gasteiger partial charge in [0.2, 0.25) is 5.91 Å². The molecule has 110 valence electrons. The van der Waals surface area contributed by atoms with Gasteiger partial charge in [0, 0.05) is 16.6 Å². The lowest BCUT2D eigenvalue weighted by Gasteiger charge is -2.07. The molecule has 0 atom stereocenters. The molecule has 21 heavy (non-hydrogen) atoms. The van der Waals surface area contributed by atoms with E-state index in [0.29, 0.717) is 12.8 Å². The zero-order chi connectivity index (χ0) is 15.2. The number of ether oxygens (including phenoxy) is 1. The molecule has 2 aromatic rings. The van der Waals surface area contributed by atoms with Crippen LogP contribution in [0.4, 0.5) is 5.69 Å². The predicted octanol–water partition coefficient (Wildman–Crippen LogP) is 4.34. The van der Waals surface area contributed by atoms with Crippen molar-refractivity contribution in [1.82, 2.24) is 0 Å². The SMILES string of the molecule is COc1ccc(CCC(=O)Nc2cc(C)cc(Br)c2)cc1. The number of amides is 1. The van der Waals surface area contributed by atoms with Gasteiger partial charge in [0.15, 0.2) is 0 Å². The molecule has 0 radical (unpaired) electrons. The summed E-state index contributed by atoms with van der Waals surface area (Å²) in [6.07, 6.45) is 1.17. The number of methoxy groups -OCH3 is 1. The molecule has 1 amide bonds. The minimum atomic E-state index is 0.0170. The van der Waals surface area contributed by atoms with Crippen LogP contribution in [0.25, 0.3) is 0 Å². The lowest BCUT2D eigenvalue weighted by molar-refractivity contribution is -0.116. The third kappa shape index (κ3) is 4.90. The van der Waals surface area contributed by atoms with E-state index in [1.807, 2.05) is 49.4 Å². The third-order valence-corrected chi connectivity index (χ3v) is 3.58. The van der Waals surface area contributed by atoms with Crippen LogP contribution in [0.1, 0.15) is 17.5 Å². The molecule has 2 aromatic carbocycles. The molecule has 0 aliphatic carbocycles. The summed E-state index contributed by atoms with van der Waals surface area (Å²) in [7, 11) is 1.64. The summed E-state index contributed by atoms with van der Waals surface area (Å²) in [5, 5.41) is 2.92. The lowest BCUT2D eigenvalue weighted by atomic mass is 10.1. The highest BCUT2D eigenvalue weighted by atomic mass is 79.9. The Balaban J connectivity index is 1.89. The molecule has 0 fully saturated rings. The minimum Gasteiger partial charge on any atom is -0.497 e. The van der Waals surface area contributed by atoms with E-state index in [2.05, 4.69) is 21.2 Å². The summed E-state index contributed by atoms with van der Waals surface area (Å²) in [4.78, 5) is 12.0. The monoisotopic (exact) mass is 347 g/mol. The van der Waals surface area contributed by atoms with E-state index >= 15 is 0 Å². The zero-order valence-corrected chi connectivity index (χ0v) is 13.7. The summed E-state index contributed by atoms with van der Waals surface area (Å²) in [6, 6.07) is 13.6. The van der Waals surface area contributed by atoms with Crippen LogP contribution in [0.15, 0.2) is 46.9 Å². The minimum absolute atomic E-state index is 0.0170. The van der Waals surface area contributed by atoms with Gasteiger partial charge >= 0.3 is 0 Å². The number of nitrogens with one attached hydrogen (secondary N) is 1. The van der Waals surface area contributed by atoms with E-state index in [1.165, 1.54) is 0 Å². The van der Waals surface area contributed by atoms with Crippen LogP contribution in [-0.4, -0.2) is 13.0 Å². The number of hydrogen-bond donors (Lipinski definition) is 1. The molecule has 0 spiro atoms. The molecule has 1 N–H and O–H groups in total. The first-order valence-corrected chi connectivity index (χ1v) is 7.56. The average molecular weight is 348 g/mol.